The van der Waals surface area contributed by atoms with Crippen LogP contribution in [0.2, 0.25) is 0 Å². The average molecular weight is 562 g/mol. The van der Waals surface area contributed by atoms with Crippen LogP contribution in [0.25, 0.3) is 0 Å². The van der Waals surface area contributed by atoms with E-state index in [2.05, 4.69) is 107 Å². The molecule has 1 aliphatic carbocycles. The fraction of sp³-hybridized carbons (Fsp3) is 0.241. The van der Waals surface area contributed by atoms with Gasteiger partial charge >= 0.3 is 21.7 Å². The molecule has 0 amide bonds. The normalized spacial score (nSPS) is 12.2. The second-order valence-corrected chi connectivity index (χ2v) is 11.9. The van der Waals surface area contributed by atoms with Gasteiger partial charge in [0.2, 0.25) is 0 Å². The van der Waals surface area contributed by atoms with Crippen LogP contribution in [0, 0.1) is 33.8 Å². The molecule has 0 aromatic heterocycles. The van der Waals surface area contributed by atoms with Gasteiger partial charge in [-0.1, -0.05) is 106 Å². The Bertz CT molecular complexity index is 1060. The predicted molar refractivity (Wildman–Crippen MR) is 132 cm³/mol. The van der Waals surface area contributed by atoms with Crippen molar-refractivity contribution in [3.05, 3.63) is 117 Å². The number of hydrogen-bond donors (Lipinski definition) is 0. The molecule has 0 fully saturated rings. The number of hydrogen-bond acceptors (Lipinski definition) is 0. The number of allylic oxidation sites excluding steroid dienone is 4. The van der Waals surface area contributed by atoms with Gasteiger partial charge in [-0.2, -0.15) is 5.20 Å². The van der Waals surface area contributed by atoms with Gasteiger partial charge in [0.1, 0.15) is 8.80 Å². The maximum atomic E-state index is 3.92. The van der Waals surface area contributed by atoms with Gasteiger partial charge in [0.25, 0.3) is 0 Å². The Labute approximate surface area is 241 Å². The zero-order chi connectivity index (χ0) is 21.3. The van der Waals surface area contributed by atoms with Crippen molar-refractivity contribution >= 4 is 19.2 Å². The molecule has 5 heteroatoms. The Kier molecular flexibility index (Phi) is 14.0. The number of benzene rings is 3. The molecule has 34 heavy (non-hydrogen) atoms. The molecule has 0 bridgehead atoms. The van der Waals surface area contributed by atoms with Crippen LogP contribution in [0.3, 0.4) is 0 Å². The van der Waals surface area contributed by atoms with E-state index in [0.717, 1.165) is 12.8 Å². The summed E-state index contributed by atoms with van der Waals surface area (Å²) in [4.78, 5) is 0. The van der Waals surface area contributed by atoms with E-state index in [0.29, 0.717) is 0 Å². The van der Waals surface area contributed by atoms with E-state index in [9.17, 15) is 0 Å². The van der Waals surface area contributed by atoms with E-state index in [1.54, 1.807) is 0 Å². The van der Waals surface area contributed by atoms with Gasteiger partial charge in [0.05, 0.1) is 0 Å². The van der Waals surface area contributed by atoms with Crippen LogP contribution in [-0.4, -0.2) is 8.80 Å². The molecule has 0 unspecified atom stereocenters. The predicted octanol–water partition coefficient (Wildman–Crippen LogP) is -3.50. The van der Waals surface area contributed by atoms with Gasteiger partial charge in [-0.05, 0) is 39.7 Å². The first kappa shape index (κ1) is 32.9. The van der Waals surface area contributed by atoms with Crippen molar-refractivity contribution in [1.82, 2.24) is 0 Å². The quantitative estimate of drug-likeness (QED) is 0.224. The van der Waals surface area contributed by atoms with Crippen molar-refractivity contribution in [2.45, 2.75) is 47.5 Å². The van der Waals surface area contributed by atoms with E-state index in [1.807, 2.05) is 0 Å². The molecule has 4 rings (SSSR count). The summed E-state index contributed by atoms with van der Waals surface area (Å²) < 4.78 is 0. The molecule has 3 aromatic carbocycles. The van der Waals surface area contributed by atoms with Crippen molar-refractivity contribution in [2.75, 3.05) is 0 Å². The molecule has 3 aromatic rings. The number of halogens is 3. The first-order chi connectivity index (χ1) is 14.4. The second kappa shape index (κ2) is 14.5. The number of aryl methyl sites for hydroxylation is 4. The topological polar surface area (TPSA) is 0 Å². The van der Waals surface area contributed by atoms with Crippen molar-refractivity contribution < 1.29 is 58.9 Å². The van der Waals surface area contributed by atoms with Crippen molar-refractivity contribution in [3.8, 4) is 0 Å². The van der Waals surface area contributed by atoms with E-state index in [-0.39, 0.29) is 58.9 Å². The summed E-state index contributed by atoms with van der Waals surface area (Å²) in [5.41, 5.74) is 9.69. The minimum Gasteiger partial charge on any atom is -1.00 e. The summed E-state index contributed by atoms with van der Waals surface area (Å²) in [6.07, 6.45) is 5.97. The summed E-state index contributed by atoms with van der Waals surface area (Å²) in [6, 6.07) is 25.0. The van der Waals surface area contributed by atoms with Gasteiger partial charge in [-0.3, -0.25) is 6.08 Å². The third-order valence-corrected chi connectivity index (χ3v) is 9.05. The molecule has 0 saturated heterocycles. The fourth-order valence-electron chi connectivity index (χ4n) is 4.85. The zero-order valence-corrected chi connectivity index (χ0v) is 25.5. The molecule has 176 valence electrons. The molecule has 0 N–H and O–H groups in total. The molecule has 0 spiro atoms. The largest absolute Gasteiger partial charge is 4.00 e. The zero-order valence-electron chi connectivity index (χ0n) is 20.5. The molecule has 0 nitrogen and oxygen atoms in total. The minimum atomic E-state index is -1.54. The molecule has 1 aliphatic rings. The van der Waals surface area contributed by atoms with E-state index >= 15 is 0 Å². The van der Waals surface area contributed by atoms with Crippen LogP contribution >= 0.6 is 0 Å². The van der Waals surface area contributed by atoms with Crippen LogP contribution in [-0.2, 0) is 28.1 Å². The van der Waals surface area contributed by atoms with Gasteiger partial charge in [0, 0.05) is 0 Å². The van der Waals surface area contributed by atoms with Crippen molar-refractivity contribution in [2.24, 2.45) is 0 Å². The van der Waals surface area contributed by atoms with Crippen LogP contribution in [0.4, 0.5) is 0 Å². The number of rotatable bonds is 5. The van der Waals surface area contributed by atoms with Crippen LogP contribution < -0.4 is 47.6 Å². The Hall–Kier alpha value is -1.06. The van der Waals surface area contributed by atoms with Gasteiger partial charge < -0.3 is 37.2 Å². The van der Waals surface area contributed by atoms with E-state index in [4.69, 9.17) is 0 Å². The van der Waals surface area contributed by atoms with Crippen LogP contribution in [0.5, 0.6) is 0 Å². The van der Waals surface area contributed by atoms with Gasteiger partial charge in [-0.15, -0.1) is 6.92 Å². The van der Waals surface area contributed by atoms with E-state index in [1.165, 1.54) is 54.5 Å². The maximum absolute atomic E-state index is 3.92. The standard InChI is InChI=1S/C29H31Si.3ClH.Ti/c1-20-11-21(2)14-27(13-20)30(28-15-22(3)12-23(4)16-28)29-17-24(5)26(19-29)18-25-9-7-6-8-10-25;;;;/h6-16,30H,17-18H2,1-5H3;3*1H;/q-1;;;;+4/p-3. The molecule has 0 aliphatic heterocycles. The maximum Gasteiger partial charge on any atom is 4.00 e. The van der Waals surface area contributed by atoms with Crippen LogP contribution in [0.15, 0.2) is 83.1 Å². The molecule has 0 atom stereocenters. The Morgan fingerprint density at radius 2 is 1.12 bits per heavy atom. The Morgan fingerprint density at radius 1 is 0.676 bits per heavy atom. The second-order valence-electron chi connectivity index (χ2n) is 9.02. The van der Waals surface area contributed by atoms with Crippen LogP contribution in [0.1, 0.15) is 41.2 Å². The smallest absolute Gasteiger partial charge is 1.00 e. The van der Waals surface area contributed by atoms with Gasteiger partial charge in [0.15, 0.2) is 0 Å². The molecule has 0 radical (unpaired) electrons. The third kappa shape index (κ3) is 7.98. The minimum absolute atomic E-state index is 0. The fourth-order valence-corrected chi connectivity index (χ4v) is 8.59. The molecule has 0 heterocycles. The summed E-state index contributed by atoms with van der Waals surface area (Å²) >= 11 is 0. The van der Waals surface area contributed by atoms with Gasteiger partial charge in [-0.25, -0.2) is 11.1 Å². The Balaban J connectivity index is 0.00000272. The average Bonchev–Trinajstić information content (AvgIpc) is 3.01. The molecular formula is C29H31Cl3SiTi. The first-order valence-corrected chi connectivity index (χ1v) is 12.6. The first-order valence-electron chi connectivity index (χ1n) is 10.9. The SMILES string of the molecule is CC1=C(Cc2ccccc2)[C-]=C([SiH](c2cc(C)cc(C)c2)c2cc(C)cc(C)c2)C1.[Cl-].[Cl-].[Cl-].[Ti+4]. The van der Waals surface area contributed by atoms with E-state index < -0.39 is 8.80 Å². The molecular weight excluding hydrogens is 531 g/mol. The summed E-state index contributed by atoms with van der Waals surface area (Å²) in [6.45, 7) is 11.2. The third-order valence-electron chi connectivity index (χ3n) is 6.01. The molecule has 0 saturated carbocycles. The van der Waals surface area contributed by atoms with Crippen molar-refractivity contribution in [1.29, 1.82) is 0 Å². The summed E-state index contributed by atoms with van der Waals surface area (Å²) in [5, 5.41) is 4.58. The van der Waals surface area contributed by atoms with Crippen molar-refractivity contribution in [3.63, 3.8) is 0 Å². The summed E-state index contributed by atoms with van der Waals surface area (Å²) in [5.74, 6) is 0. The monoisotopic (exact) mass is 560 g/mol. The summed E-state index contributed by atoms with van der Waals surface area (Å²) in [7, 11) is -1.54. The Morgan fingerprint density at radius 3 is 1.56 bits per heavy atom.